The third-order valence-corrected chi connectivity index (χ3v) is 3.78. The predicted molar refractivity (Wildman–Crippen MR) is 63.5 cm³/mol. The third kappa shape index (κ3) is 4.92. The van der Waals surface area contributed by atoms with Crippen LogP contribution in [-0.2, 0) is 14.8 Å². The summed E-state index contributed by atoms with van der Waals surface area (Å²) in [7, 11) is -3.79. The van der Waals surface area contributed by atoms with Crippen molar-refractivity contribution in [2.75, 3.05) is 6.54 Å². The summed E-state index contributed by atoms with van der Waals surface area (Å²) in [5, 5.41) is 8.39. The highest BCUT2D eigenvalue weighted by Gasteiger charge is 2.15. The average Bonchev–Trinajstić information content (AvgIpc) is 2.34. The molecule has 0 fully saturated rings. The lowest BCUT2D eigenvalue weighted by molar-refractivity contribution is -0.137. The van der Waals surface area contributed by atoms with Gasteiger partial charge in [-0.2, -0.15) is 0 Å². The molecule has 2 N–H and O–H groups in total. The number of alkyl halides is 2. The lowest BCUT2D eigenvalue weighted by Gasteiger charge is -2.07. The summed E-state index contributed by atoms with van der Waals surface area (Å²) in [4.78, 5) is 10.1. The first kappa shape index (κ1) is 15.5. The number of rotatable bonds is 7. The van der Waals surface area contributed by atoms with E-state index in [0.717, 1.165) is 24.3 Å². The molecule has 1 aromatic rings. The van der Waals surface area contributed by atoms with E-state index in [-0.39, 0.29) is 29.8 Å². The molecule has 1 aromatic carbocycles. The first-order valence-electron chi connectivity index (χ1n) is 5.42. The summed E-state index contributed by atoms with van der Waals surface area (Å²) >= 11 is 0. The minimum absolute atomic E-state index is 0.0226. The minimum Gasteiger partial charge on any atom is -0.481 e. The molecule has 0 radical (unpaired) electrons. The Morgan fingerprint density at radius 3 is 2.32 bits per heavy atom. The van der Waals surface area contributed by atoms with E-state index in [2.05, 4.69) is 4.72 Å². The highest BCUT2D eigenvalue weighted by Crippen LogP contribution is 2.20. The van der Waals surface area contributed by atoms with Crippen molar-refractivity contribution in [3.05, 3.63) is 29.8 Å². The zero-order valence-corrected chi connectivity index (χ0v) is 10.7. The van der Waals surface area contributed by atoms with Crippen LogP contribution in [0.4, 0.5) is 8.78 Å². The largest absolute Gasteiger partial charge is 0.481 e. The third-order valence-electron chi connectivity index (χ3n) is 2.30. The van der Waals surface area contributed by atoms with Gasteiger partial charge in [-0.3, -0.25) is 4.79 Å². The number of benzene rings is 1. The van der Waals surface area contributed by atoms with Crippen molar-refractivity contribution in [2.45, 2.75) is 24.2 Å². The van der Waals surface area contributed by atoms with E-state index < -0.39 is 22.4 Å². The molecule has 19 heavy (non-hydrogen) atoms. The number of carboxylic acids is 1. The van der Waals surface area contributed by atoms with Crippen molar-refractivity contribution in [3.63, 3.8) is 0 Å². The van der Waals surface area contributed by atoms with Gasteiger partial charge in [0.15, 0.2) is 0 Å². The van der Waals surface area contributed by atoms with Crippen LogP contribution in [-0.4, -0.2) is 26.0 Å². The molecular weight excluding hydrogens is 280 g/mol. The van der Waals surface area contributed by atoms with Gasteiger partial charge >= 0.3 is 5.97 Å². The maximum absolute atomic E-state index is 12.3. The zero-order chi connectivity index (χ0) is 14.5. The molecule has 0 amide bonds. The Morgan fingerprint density at radius 2 is 1.84 bits per heavy atom. The van der Waals surface area contributed by atoms with E-state index in [1.807, 2.05) is 0 Å². The number of halogens is 2. The molecule has 1 rings (SSSR count). The number of carbonyl (C=O) groups is 1. The Labute approximate surface area is 109 Å². The summed E-state index contributed by atoms with van der Waals surface area (Å²) in [6.45, 7) is -0.0226. The average molecular weight is 293 g/mol. The molecule has 0 unspecified atom stereocenters. The fourth-order valence-electron chi connectivity index (χ4n) is 1.32. The summed E-state index contributed by atoms with van der Waals surface area (Å²) in [5.41, 5.74) is -0.259. The van der Waals surface area contributed by atoms with Crippen molar-refractivity contribution >= 4 is 16.0 Å². The fraction of sp³-hybridized carbons (Fsp3) is 0.364. The number of aliphatic carboxylic acids is 1. The molecule has 0 bridgehead atoms. The molecule has 0 aliphatic heterocycles. The molecule has 0 aliphatic rings. The lowest BCUT2D eigenvalue weighted by Crippen LogP contribution is -2.25. The molecule has 8 heteroatoms. The minimum atomic E-state index is -3.79. The Morgan fingerprint density at radius 1 is 1.26 bits per heavy atom. The van der Waals surface area contributed by atoms with Gasteiger partial charge in [-0.25, -0.2) is 21.9 Å². The number of nitrogens with one attached hydrogen (secondary N) is 1. The van der Waals surface area contributed by atoms with Crippen molar-refractivity contribution in [2.24, 2.45) is 0 Å². The number of sulfonamides is 1. The SMILES string of the molecule is O=C(O)CCCNS(=O)(=O)c1ccc(C(F)F)cc1. The first-order chi connectivity index (χ1) is 8.83. The molecule has 0 aliphatic carbocycles. The van der Waals surface area contributed by atoms with Gasteiger partial charge in [-0.15, -0.1) is 0 Å². The first-order valence-corrected chi connectivity index (χ1v) is 6.91. The van der Waals surface area contributed by atoms with Gasteiger partial charge in [0.25, 0.3) is 6.43 Å². The van der Waals surface area contributed by atoms with Crippen molar-refractivity contribution in [3.8, 4) is 0 Å². The van der Waals surface area contributed by atoms with Crippen LogP contribution in [0.5, 0.6) is 0 Å². The van der Waals surface area contributed by atoms with Gasteiger partial charge in [-0.1, -0.05) is 12.1 Å². The Balaban J connectivity index is 2.64. The monoisotopic (exact) mass is 293 g/mol. The normalized spacial score (nSPS) is 11.7. The van der Waals surface area contributed by atoms with Crippen LogP contribution in [0, 0.1) is 0 Å². The van der Waals surface area contributed by atoms with Crippen LogP contribution in [0.2, 0.25) is 0 Å². The molecule has 0 heterocycles. The molecule has 0 aromatic heterocycles. The molecular formula is C11H13F2NO4S. The highest BCUT2D eigenvalue weighted by atomic mass is 32.2. The predicted octanol–water partition coefficient (Wildman–Crippen LogP) is 1.77. The topological polar surface area (TPSA) is 83.5 Å². The van der Waals surface area contributed by atoms with E-state index in [9.17, 15) is 22.0 Å². The van der Waals surface area contributed by atoms with E-state index >= 15 is 0 Å². The van der Waals surface area contributed by atoms with Crippen molar-refractivity contribution in [1.82, 2.24) is 4.72 Å². The summed E-state index contributed by atoms with van der Waals surface area (Å²) in [5.74, 6) is -1.01. The van der Waals surface area contributed by atoms with Crippen LogP contribution in [0.1, 0.15) is 24.8 Å². The van der Waals surface area contributed by atoms with Crippen molar-refractivity contribution < 1.29 is 27.1 Å². The Kier molecular flexibility index (Phi) is 5.37. The molecule has 0 atom stereocenters. The summed E-state index contributed by atoms with van der Waals surface area (Å²) in [6.07, 6.45) is -2.64. The lowest BCUT2D eigenvalue weighted by atomic mass is 10.2. The second-order valence-corrected chi connectivity index (χ2v) is 5.53. The number of carboxylic acid groups (broad SMARTS) is 1. The van der Waals surface area contributed by atoms with Crippen LogP contribution >= 0.6 is 0 Å². The number of hydrogen-bond donors (Lipinski definition) is 2. The van der Waals surface area contributed by atoms with E-state index in [4.69, 9.17) is 5.11 Å². The van der Waals surface area contributed by atoms with E-state index in [1.165, 1.54) is 0 Å². The maximum Gasteiger partial charge on any atom is 0.303 e. The fourth-order valence-corrected chi connectivity index (χ4v) is 2.40. The van der Waals surface area contributed by atoms with Gasteiger partial charge in [0.2, 0.25) is 10.0 Å². The highest BCUT2D eigenvalue weighted by molar-refractivity contribution is 7.89. The van der Waals surface area contributed by atoms with Crippen molar-refractivity contribution in [1.29, 1.82) is 0 Å². The smallest absolute Gasteiger partial charge is 0.303 e. The van der Waals surface area contributed by atoms with Gasteiger partial charge < -0.3 is 5.11 Å². The van der Waals surface area contributed by atoms with Crippen LogP contribution in [0.3, 0.4) is 0 Å². The van der Waals surface area contributed by atoms with Gasteiger partial charge in [0.05, 0.1) is 4.90 Å². The van der Waals surface area contributed by atoms with Gasteiger partial charge in [0.1, 0.15) is 0 Å². The second-order valence-electron chi connectivity index (χ2n) is 3.76. The zero-order valence-electron chi connectivity index (χ0n) is 9.84. The Bertz CT molecular complexity index is 528. The standard InChI is InChI=1S/C11H13F2NO4S/c12-11(13)8-3-5-9(6-4-8)19(17,18)14-7-1-2-10(15)16/h3-6,11,14H,1-2,7H2,(H,15,16). The van der Waals surface area contributed by atoms with E-state index in [0.29, 0.717) is 0 Å². The summed E-state index contributed by atoms with van der Waals surface area (Å²) < 4.78 is 50.2. The molecule has 0 saturated carbocycles. The molecule has 0 saturated heterocycles. The summed E-state index contributed by atoms with van der Waals surface area (Å²) in [6, 6.07) is 4.25. The maximum atomic E-state index is 12.3. The quantitative estimate of drug-likeness (QED) is 0.750. The molecule has 0 spiro atoms. The van der Waals surface area contributed by atoms with Gasteiger partial charge in [-0.05, 0) is 18.6 Å². The van der Waals surface area contributed by atoms with E-state index in [1.54, 1.807) is 0 Å². The second kappa shape index (κ2) is 6.58. The van der Waals surface area contributed by atoms with Crippen LogP contribution in [0.25, 0.3) is 0 Å². The molecule has 5 nitrogen and oxygen atoms in total. The van der Waals surface area contributed by atoms with Gasteiger partial charge in [0, 0.05) is 18.5 Å². The van der Waals surface area contributed by atoms with Crippen LogP contribution < -0.4 is 4.72 Å². The Hall–Kier alpha value is -1.54. The van der Waals surface area contributed by atoms with Crippen LogP contribution in [0.15, 0.2) is 29.2 Å². The number of hydrogen-bond acceptors (Lipinski definition) is 3. The molecule has 106 valence electrons.